The molecule has 170 valence electrons. The zero-order chi connectivity index (χ0) is 23.0. The number of unbranched alkanes of at least 4 members (excludes halogenated alkanes) is 2. The number of ether oxygens (including phenoxy) is 1. The molecule has 2 heterocycles. The van der Waals surface area contributed by atoms with Crippen LogP contribution in [0.15, 0.2) is 65.3 Å². The van der Waals surface area contributed by atoms with Crippen LogP contribution in [0.5, 0.6) is 0 Å². The number of sulfonamides is 1. The van der Waals surface area contributed by atoms with Crippen LogP contribution in [-0.4, -0.2) is 41.8 Å². The molecule has 0 saturated carbocycles. The summed E-state index contributed by atoms with van der Waals surface area (Å²) in [5.41, 5.74) is 1.72. The Hall–Kier alpha value is -2.62. The van der Waals surface area contributed by atoms with Gasteiger partial charge < -0.3 is 4.74 Å². The van der Waals surface area contributed by atoms with E-state index in [-0.39, 0.29) is 11.4 Å². The number of rotatable bonds is 11. The fraction of sp³-hybridized carbons (Fsp3) is 0.348. The van der Waals surface area contributed by atoms with Crippen LogP contribution in [0.1, 0.15) is 38.2 Å². The molecule has 32 heavy (non-hydrogen) atoms. The summed E-state index contributed by atoms with van der Waals surface area (Å²) in [6.07, 6.45) is 7.52. The number of methoxy groups -OCH3 is 1. The summed E-state index contributed by atoms with van der Waals surface area (Å²) in [5.74, 6) is -0.562. The van der Waals surface area contributed by atoms with Gasteiger partial charge in [-0.05, 0) is 24.1 Å². The third-order valence-electron chi connectivity index (χ3n) is 5.11. The van der Waals surface area contributed by atoms with Crippen LogP contribution in [0, 0.1) is 0 Å². The lowest BCUT2D eigenvalue weighted by atomic mass is 10.1. The first-order valence-corrected chi connectivity index (χ1v) is 12.8. The third-order valence-corrected chi connectivity index (χ3v) is 7.78. The van der Waals surface area contributed by atoms with Crippen LogP contribution in [0.25, 0.3) is 10.6 Å². The Labute approximate surface area is 193 Å². The van der Waals surface area contributed by atoms with Gasteiger partial charge in [-0.3, -0.25) is 9.78 Å². The van der Waals surface area contributed by atoms with E-state index in [0.29, 0.717) is 6.42 Å². The van der Waals surface area contributed by atoms with Gasteiger partial charge in [-0.2, -0.15) is 4.31 Å². The lowest BCUT2D eigenvalue weighted by Crippen LogP contribution is -2.45. The van der Waals surface area contributed by atoms with E-state index < -0.39 is 22.0 Å². The molecule has 0 fully saturated rings. The first-order chi connectivity index (χ1) is 15.5. The van der Waals surface area contributed by atoms with Crippen molar-refractivity contribution in [2.45, 2.75) is 50.1 Å². The Morgan fingerprint density at radius 3 is 2.53 bits per heavy atom. The monoisotopic (exact) mass is 473 g/mol. The predicted octanol–water partition coefficient (Wildman–Crippen LogP) is 4.52. The highest BCUT2D eigenvalue weighted by Gasteiger charge is 2.36. The molecule has 0 bridgehead atoms. The summed E-state index contributed by atoms with van der Waals surface area (Å²) < 4.78 is 33.3. The van der Waals surface area contributed by atoms with Crippen molar-refractivity contribution in [3.05, 3.63) is 65.9 Å². The Morgan fingerprint density at radius 1 is 1.16 bits per heavy atom. The Bertz CT molecular complexity index is 1090. The van der Waals surface area contributed by atoms with E-state index in [1.165, 1.54) is 41.2 Å². The molecule has 1 aromatic carbocycles. The summed E-state index contributed by atoms with van der Waals surface area (Å²) in [6, 6.07) is 9.68. The third kappa shape index (κ3) is 5.79. The van der Waals surface area contributed by atoms with Gasteiger partial charge in [-0.1, -0.05) is 50.5 Å². The molecule has 7 nitrogen and oxygen atoms in total. The maximum atomic E-state index is 13.6. The van der Waals surface area contributed by atoms with Crippen molar-refractivity contribution in [3.63, 3.8) is 0 Å². The number of carbonyl (C=O) groups is 1. The van der Waals surface area contributed by atoms with E-state index >= 15 is 0 Å². The highest BCUT2D eigenvalue weighted by Crippen LogP contribution is 2.26. The van der Waals surface area contributed by atoms with Gasteiger partial charge in [0.05, 0.1) is 7.11 Å². The average molecular weight is 474 g/mol. The van der Waals surface area contributed by atoms with E-state index in [9.17, 15) is 13.2 Å². The van der Waals surface area contributed by atoms with Gasteiger partial charge in [-0.25, -0.2) is 13.4 Å². The van der Waals surface area contributed by atoms with Crippen LogP contribution in [0.2, 0.25) is 0 Å². The van der Waals surface area contributed by atoms with Gasteiger partial charge >= 0.3 is 5.97 Å². The normalized spacial score (nSPS) is 12.6. The molecule has 0 amide bonds. The van der Waals surface area contributed by atoms with Crippen molar-refractivity contribution in [1.29, 1.82) is 0 Å². The second kappa shape index (κ2) is 11.3. The number of thiazole rings is 1. The minimum atomic E-state index is -3.98. The van der Waals surface area contributed by atoms with Crippen molar-refractivity contribution in [3.8, 4) is 10.6 Å². The highest BCUT2D eigenvalue weighted by molar-refractivity contribution is 7.89. The number of pyridine rings is 1. The van der Waals surface area contributed by atoms with Crippen LogP contribution in [0.4, 0.5) is 0 Å². The van der Waals surface area contributed by atoms with Crippen molar-refractivity contribution >= 4 is 27.3 Å². The number of esters is 1. The number of benzene rings is 1. The largest absolute Gasteiger partial charge is 0.468 e. The summed E-state index contributed by atoms with van der Waals surface area (Å²) in [6.45, 7) is 2.10. The fourth-order valence-electron chi connectivity index (χ4n) is 3.40. The quantitative estimate of drug-likeness (QED) is 0.300. The topological polar surface area (TPSA) is 89.5 Å². The Balaban J connectivity index is 1.96. The summed E-state index contributed by atoms with van der Waals surface area (Å²) >= 11 is 1.53. The SMILES string of the molecule is CCCCCC(C(=O)OC)N(Cc1ccc(-c2nccs2)cc1)S(=O)(=O)c1cccnc1. The molecule has 2 aromatic heterocycles. The molecule has 0 saturated heterocycles. The van der Waals surface area contributed by atoms with E-state index in [1.54, 1.807) is 12.3 Å². The summed E-state index contributed by atoms with van der Waals surface area (Å²) in [7, 11) is -2.70. The molecule has 0 aliphatic carbocycles. The number of aromatic nitrogens is 2. The lowest BCUT2D eigenvalue weighted by Gasteiger charge is -2.29. The van der Waals surface area contributed by atoms with Gasteiger partial charge in [0.2, 0.25) is 10.0 Å². The molecule has 0 radical (unpaired) electrons. The van der Waals surface area contributed by atoms with Crippen LogP contribution >= 0.6 is 11.3 Å². The molecular formula is C23H27N3O4S2. The van der Waals surface area contributed by atoms with Crippen molar-refractivity contribution in [2.75, 3.05) is 7.11 Å². The van der Waals surface area contributed by atoms with E-state index in [4.69, 9.17) is 4.74 Å². The molecular weight excluding hydrogens is 446 g/mol. The first-order valence-electron chi connectivity index (χ1n) is 10.5. The highest BCUT2D eigenvalue weighted by atomic mass is 32.2. The van der Waals surface area contributed by atoms with Gasteiger partial charge in [-0.15, -0.1) is 11.3 Å². The Kier molecular flexibility index (Phi) is 8.49. The van der Waals surface area contributed by atoms with Gasteiger partial charge in [0.25, 0.3) is 0 Å². The Morgan fingerprint density at radius 2 is 1.94 bits per heavy atom. The summed E-state index contributed by atoms with van der Waals surface area (Å²) in [5, 5.41) is 2.80. The molecule has 0 N–H and O–H groups in total. The zero-order valence-electron chi connectivity index (χ0n) is 18.2. The summed E-state index contributed by atoms with van der Waals surface area (Å²) in [4.78, 5) is 21.0. The minimum Gasteiger partial charge on any atom is -0.468 e. The maximum absolute atomic E-state index is 13.6. The van der Waals surface area contributed by atoms with E-state index in [1.807, 2.05) is 29.6 Å². The fourth-order valence-corrected chi connectivity index (χ4v) is 5.60. The second-order valence-corrected chi connectivity index (χ2v) is 10.1. The standard InChI is InChI=1S/C23H27N3O4S2/c1-3-4-5-8-21(23(27)30-2)26(32(28,29)20-7-6-13-24-16-20)17-18-9-11-19(12-10-18)22-25-14-15-31-22/h6-7,9-16,21H,3-5,8,17H2,1-2H3. The predicted molar refractivity (Wildman–Crippen MR) is 124 cm³/mol. The van der Waals surface area contributed by atoms with Crippen LogP contribution in [0.3, 0.4) is 0 Å². The van der Waals surface area contributed by atoms with Crippen molar-refractivity contribution in [2.24, 2.45) is 0 Å². The molecule has 3 aromatic rings. The maximum Gasteiger partial charge on any atom is 0.324 e. The van der Waals surface area contributed by atoms with Gasteiger partial charge in [0, 0.05) is 36.1 Å². The lowest BCUT2D eigenvalue weighted by molar-refractivity contribution is -0.145. The first kappa shape index (κ1) is 24.0. The second-order valence-electron chi connectivity index (χ2n) is 7.31. The molecule has 9 heteroatoms. The van der Waals surface area contributed by atoms with Gasteiger partial charge in [0.1, 0.15) is 15.9 Å². The van der Waals surface area contributed by atoms with E-state index in [2.05, 4.69) is 16.9 Å². The molecule has 0 spiro atoms. The number of hydrogen-bond donors (Lipinski definition) is 0. The van der Waals surface area contributed by atoms with Crippen LogP contribution < -0.4 is 0 Å². The number of hydrogen-bond acceptors (Lipinski definition) is 7. The average Bonchev–Trinajstić information content (AvgIpc) is 3.36. The molecule has 3 rings (SSSR count). The molecule has 1 unspecified atom stereocenters. The van der Waals surface area contributed by atoms with E-state index in [0.717, 1.165) is 35.4 Å². The van der Waals surface area contributed by atoms with Crippen molar-refractivity contribution < 1.29 is 17.9 Å². The molecule has 0 aliphatic rings. The molecule has 1 atom stereocenters. The minimum absolute atomic E-state index is 0.0429. The smallest absolute Gasteiger partial charge is 0.324 e. The zero-order valence-corrected chi connectivity index (χ0v) is 19.8. The van der Waals surface area contributed by atoms with Gasteiger partial charge in [0.15, 0.2) is 0 Å². The van der Waals surface area contributed by atoms with Crippen molar-refractivity contribution in [1.82, 2.24) is 14.3 Å². The number of carbonyl (C=O) groups excluding carboxylic acids is 1. The van der Waals surface area contributed by atoms with Crippen LogP contribution in [-0.2, 0) is 26.1 Å². The number of nitrogens with zero attached hydrogens (tertiary/aromatic N) is 3. The molecule has 0 aliphatic heterocycles.